The van der Waals surface area contributed by atoms with Crippen LogP contribution < -0.4 is 5.32 Å². The fraction of sp³-hybridized carbons (Fsp3) is 0.708. The van der Waals surface area contributed by atoms with E-state index in [0.29, 0.717) is 39.3 Å². The minimum absolute atomic E-state index is 0.0337. The number of carbonyl (C=O) groups excluding carboxylic acids is 1. The molecule has 5 aliphatic rings. The van der Waals surface area contributed by atoms with Gasteiger partial charge in [-0.3, -0.25) is 4.79 Å². The van der Waals surface area contributed by atoms with E-state index in [0.717, 1.165) is 28.9 Å². The lowest BCUT2D eigenvalue weighted by molar-refractivity contribution is -0.129. The van der Waals surface area contributed by atoms with Crippen LogP contribution in [0.2, 0.25) is 0 Å². The van der Waals surface area contributed by atoms with Crippen molar-refractivity contribution in [3.05, 3.63) is 35.4 Å². The highest BCUT2D eigenvalue weighted by Crippen LogP contribution is 2.61. The summed E-state index contributed by atoms with van der Waals surface area (Å²) >= 11 is 0. The highest BCUT2D eigenvalue weighted by atomic mass is 32.2. The van der Waals surface area contributed by atoms with Crippen LogP contribution in [-0.2, 0) is 31.9 Å². The third-order valence-electron chi connectivity index (χ3n) is 8.00. The van der Waals surface area contributed by atoms with Gasteiger partial charge in [0.1, 0.15) is 0 Å². The first kappa shape index (κ1) is 21.4. The van der Waals surface area contributed by atoms with Crippen molar-refractivity contribution in [1.82, 2.24) is 9.62 Å². The van der Waals surface area contributed by atoms with Crippen molar-refractivity contribution >= 4 is 15.9 Å². The van der Waals surface area contributed by atoms with Gasteiger partial charge in [-0.15, -0.1) is 0 Å². The van der Waals surface area contributed by atoms with Gasteiger partial charge < -0.3 is 10.1 Å². The van der Waals surface area contributed by atoms with E-state index < -0.39 is 10.0 Å². The number of ether oxygens (including phenoxy) is 1. The quantitative estimate of drug-likeness (QED) is 0.698. The smallest absolute Gasteiger partial charge is 0.220 e. The van der Waals surface area contributed by atoms with E-state index in [4.69, 9.17) is 4.74 Å². The predicted octanol–water partition coefficient (Wildman–Crippen LogP) is 3.07. The van der Waals surface area contributed by atoms with Gasteiger partial charge in [-0.2, -0.15) is 4.31 Å². The number of amides is 1. The molecule has 6 nitrogen and oxygen atoms in total. The van der Waals surface area contributed by atoms with Gasteiger partial charge in [-0.1, -0.05) is 24.3 Å². The second-order valence-electron chi connectivity index (χ2n) is 10.4. The molecule has 1 N–H and O–H groups in total. The van der Waals surface area contributed by atoms with Crippen molar-refractivity contribution in [3.63, 3.8) is 0 Å². The summed E-state index contributed by atoms with van der Waals surface area (Å²) in [6.07, 6.45) is 8.44. The lowest BCUT2D eigenvalue weighted by atomic mass is 9.49. The van der Waals surface area contributed by atoms with E-state index in [9.17, 15) is 13.2 Å². The number of hydrogen-bond donors (Lipinski definition) is 1. The fourth-order valence-electron chi connectivity index (χ4n) is 7.09. The SMILES string of the molecule is O=C(CC12CC3CC(CC(C3)C1)C2)NCc1ccccc1CS(=O)(=O)N1CCOCC1. The lowest BCUT2D eigenvalue weighted by Crippen LogP contribution is -2.48. The molecular formula is C24H34N2O4S. The van der Waals surface area contributed by atoms with Crippen molar-refractivity contribution in [1.29, 1.82) is 0 Å². The zero-order valence-electron chi connectivity index (χ0n) is 18.2. The molecule has 170 valence electrons. The maximum atomic E-state index is 12.9. The summed E-state index contributed by atoms with van der Waals surface area (Å²) in [7, 11) is -3.39. The molecule has 0 spiro atoms. The average molecular weight is 447 g/mol. The first-order chi connectivity index (χ1) is 14.9. The zero-order chi connectivity index (χ0) is 21.5. The van der Waals surface area contributed by atoms with Gasteiger partial charge in [0.25, 0.3) is 0 Å². The molecule has 4 aliphatic carbocycles. The molecule has 7 heteroatoms. The Labute approximate surface area is 185 Å². The average Bonchev–Trinajstić information content (AvgIpc) is 2.72. The van der Waals surface area contributed by atoms with Gasteiger partial charge in [0.2, 0.25) is 15.9 Å². The molecule has 1 amide bonds. The summed E-state index contributed by atoms with van der Waals surface area (Å²) in [5.74, 6) is 2.60. The van der Waals surface area contributed by atoms with E-state index in [1.807, 2.05) is 24.3 Å². The largest absolute Gasteiger partial charge is 0.379 e. The van der Waals surface area contributed by atoms with Crippen molar-refractivity contribution in [2.45, 2.75) is 57.2 Å². The Kier molecular flexibility index (Phi) is 5.86. The third kappa shape index (κ3) is 4.69. The van der Waals surface area contributed by atoms with Crippen molar-refractivity contribution < 1.29 is 17.9 Å². The summed E-state index contributed by atoms with van der Waals surface area (Å²) in [6.45, 7) is 2.10. The Balaban J connectivity index is 1.21. The van der Waals surface area contributed by atoms with Gasteiger partial charge in [0.15, 0.2) is 0 Å². The highest BCUT2D eigenvalue weighted by molar-refractivity contribution is 7.88. The Morgan fingerprint density at radius 1 is 1.00 bits per heavy atom. The number of sulfonamides is 1. The van der Waals surface area contributed by atoms with Crippen LogP contribution in [-0.4, -0.2) is 44.9 Å². The topological polar surface area (TPSA) is 75.7 Å². The van der Waals surface area contributed by atoms with Crippen LogP contribution in [0.1, 0.15) is 56.1 Å². The monoisotopic (exact) mass is 446 g/mol. The number of nitrogens with zero attached hydrogens (tertiary/aromatic N) is 1. The molecule has 5 fully saturated rings. The number of nitrogens with one attached hydrogen (secondary N) is 1. The molecule has 0 radical (unpaired) electrons. The first-order valence-corrected chi connectivity index (χ1v) is 13.4. The maximum Gasteiger partial charge on any atom is 0.220 e. The highest BCUT2D eigenvalue weighted by Gasteiger charge is 2.51. The molecule has 0 aromatic heterocycles. The molecule has 1 aliphatic heterocycles. The summed E-state index contributed by atoms with van der Waals surface area (Å²) < 4.78 is 32.5. The number of hydrogen-bond acceptors (Lipinski definition) is 4. The molecule has 4 bridgehead atoms. The zero-order valence-corrected chi connectivity index (χ0v) is 19.0. The maximum absolute atomic E-state index is 12.9. The van der Waals surface area contributed by atoms with Gasteiger partial charge >= 0.3 is 0 Å². The van der Waals surface area contributed by atoms with Gasteiger partial charge in [0, 0.05) is 26.1 Å². The van der Waals surface area contributed by atoms with E-state index in [1.54, 1.807) is 0 Å². The number of rotatable bonds is 7. The summed E-state index contributed by atoms with van der Waals surface area (Å²) in [5, 5.41) is 3.11. The van der Waals surface area contributed by atoms with Crippen LogP contribution in [0.4, 0.5) is 0 Å². The summed E-state index contributed by atoms with van der Waals surface area (Å²) in [4.78, 5) is 12.9. The molecule has 1 heterocycles. The van der Waals surface area contributed by atoms with Crippen LogP contribution >= 0.6 is 0 Å². The molecular weight excluding hydrogens is 412 g/mol. The molecule has 0 atom stereocenters. The van der Waals surface area contributed by atoms with Crippen LogP contribution in [0, 0.1) is 23.2 Å². The standard InChI is InChI=1S/C24H34N2O4S/c27-23(15-24-12-18-9-19(13-24)11-20(10-18)14-24)25-16-21-3-1-2-4-22(21)17-31(28,29)26-5-7-30-8-6-26/h1-4,18-20H,5-17H2,(H,25,27). The van der Waals surface area contributed by atoms with Gasteiger partial charge in [-0.05, 0) is 72.8 Å². The Bertz CT molecular complexity index is 888. The fourth-order valence-corrected chi connectivity index (χ4v) is 8.65. The molecule has 1 aromatic rings. The van der Waals surface area contributed by atoms with E-state index >= 15 is 0 Å². The number of benzene rings is 1. The Morgan fingerprint density at radius 3 is 2.19 bits per heavy atom. The second kappa shape index (κ2) is 8.49. The normalized spacial score (nSPS) is 32.8. The molecule has 1 aromatic carbocycles. The number of morpholine rings is 1. The van der Waals surface area contributed by atoms with Crippen LogP contribution in [0.15, 0.2) is 24.3 Å². The third-order valence-corrected chi connectivity index (χ3v) is 9.82. The summed E-state index contributed by atoms with van der Waals surface area (Å²) in [6, 6.07) is 7.56. The second-order valence-corrected chi connectivity index (χ2v) is 12.4. The Morgan fingerprint density at radius 2 is 1.58 bits per heavy atom. The molecule has 31 heavy (non-hydrogen) atoms. The Hall–Kier alpha value is -1.44. The number of carbonyl (C=O) groups is 1. The van der Waals surface area contributed by atoms with Gasteiger partial charge in [0.05, 0.1) is 19.0 Å². The minimum Gasteiger partial charge on any atom is -0.379 e. The molecule has 6 rings (SSSR count). The van der Waals surface area contributed by atoms with Crippen molar-refractivity contribution in [2.24, 2.45) is 23.2 Å². The van der Waals surface area contributed by atoms with Crippen LogP contribution in [0.25, 0.3) is 0 Å². The minimum atomic E-state index is -3.39. The molecule has 1 saturated heterocycles. The van der Waals surface area contributed by atoms with Crippen molar-refractivity contribution in [3.8, 4) is 0 Å². The van der Waals surface area contributed by atoms with E-state index in [2.05, 4.69) is 5.32 Å². The van der Waals surface area contributed by atoms with Crippen molar-refractivity contribution in [2.75, 3.05) is 26.3 Å². The van der Waals surface area contributed by atoms with Crippen LogP contribution in [0.3, 0.4) is 0 Å². The summed E-state index contributed by atoms with van der Waals surface area (Å²) in [5.41, 5.74) is 1.88. The first-order valence-electron chi connectivity index (χ1n) is 11.8. The van der Waals surface area contributed by atoms with Crippen LogP contribution in [0.5, 0.6) is 0 Å². The lowest BCUT2D eigenvalue weighted by Gasteiger charge is -2.56. The molecule has 4 saturated carbocycles. The van der Waals surface area contributed by atoms with Gasteiger partial charge in [-0.25, -0.2) is 8.42 Å². The van der Waals surface area contributed by atoms with E-state index in [1.165, 1.54) is 42.8 Å². The van der Waals surface area contributed by atoms with E-state index in [-0.39, 0.29) is 17.1 Å². The predicted molar refractivity (Wildman–Crippen MR) is 119 cm³/mol. The molecule has 0 unspecified atom stereocenters.